The summed E-state index contributed by atoms with van der Waals surface area (Å²) in [5.74, 6) is 0. The molecule has 0 spiro atoms. The number of amides is 2. The lowest BCUT2D eigenvalue weighted by molar-refractivity contribution is 0.222. The second-order valence-corrected chi connectivity index (χ2v) is 4.67. The maximum absolute atomic E-state index is 12.1. The lowest BCUT2D eigenvalue weighted by Crippen LogP contribution is -2.32. The number of nitrogens with one attached hydrogen (secondary N) is 1. The number of hydrogen-bond donors (Lipinski definition) is 1. The molecule has 2 amide bonds. The fourth-order valence-electron chi connectivity index (χ4n) is 1.90. The molecule has 0 radical (unpaired) electrons. The molecule has 0 heterocycles. The summed E-state index contributed by atoms with van der Waals surface area (Å²) in [5.41, 5.74) is 3.27. The van der Waals surface area contributed by atoms with E-state index in [0.29, 0.717) is 0 Å². The summed E-state index contributed by atoms with van der Waals surface area (Å²) in [4.78, 5) is 13.8. The number of unbranched alkanes of at least 4 members (excludes halogenated alkanes) is 1. The van der Waals surface area contributed by atoms with Crippen molar-refractivity contribution in [1.82, 2.24) is 4.90 Å². The number of aryl methyl sites for hydroxylation is 2. The van der Waals surface area contributed by atoms with E-state index in [2.05, 4.69) is 25.2 Å². The van der Waals surface area contributed by atoms with Gasteiger partial charge in [-0.3, -0.25) is 0 Å². The minimum Gasteiger partial charge on any atom is -0.328 e. The number of para-hydroxylation sites is 1. The van der Waals surface area contributed by atoms with Crippen LogP contribution in [0, 0.1) is 6.92 Å². The largest absolute Gasteiger partial charge is 0.328 e. The van der Waals surface area contributed by atoms with E-state index >= 15 is 0 Å². The number of benzene rings is 1. The van der Waals surface area contributed by atoms with Crippen molar-refractivity contribution in [3.63, 3.8) is 0 Å². The number of hydrogen-bond acceptors (Lipinski definition) is 1. The lowest BCUT2D eigenvalue weighted by Gasteiger charge is -2.20. The molecule has 0 fully saturated rings. The molecule has 3 nitrogen and oxygen atoms in total. The van der Waals surface area contributed by atoms with Gasteiger partial charge in [-0.15, -0.1) is 0 Å². The first-order valence-electron chi connectivity index (χ1n) is 6.70. The van der Waals surface area contributed by atoms with Crippen molar-refractivity contribution < 1.29 is 4.79 Å². The van der Waals surface area contributed by atoms with Gasteiger partial charge < -0.3 is 10.2 Å². The highest BCUT2D eigenvalue weighted by molar-refractivity contribution is 5.90. The van der Waals surface area contributed by atoms with Gasteiger partial charge in [-0.05, 0) is 30.9 Å². The van der Waals surface area contributed by atoms with E-state index in [1.807, 2.05) is 26.1 Å². The average molecular weight is 248 g/mol. The van der Waals surface area contributed by atoms with Crippen molar-refractivity contribution >= 4 is 11.7 Å². The standard InChI is InChI=1S/C15H24N2O/c1-5-7-11-17(4)15(18)16-14-12(3)9-8-10-13(14)6-2/h8-10H,5-7,11H2,1-4H3,(H,16,18). The molecule has 0 bridgehead atoms. The molecular formula is C15H24N2O. The third kappa shape index (κ3) is 3.76. The van der Waals surface area contributed by atoms with Crippen molar-refractivity contribution in [3.8, 4) is 0 Å². The summed E-state index contributed by atoms with van der Waals surface area (Å²) in [6.45, 7) is 7.06. The van der Waals surface area contributed by atoms with Crippen LogP contribution in [-0.4, -0.2) is 24.5 Å². The molecule has 1 aromatic rings. The van der Waals surface area contributed by atoms with E-state index in [9.17, 15) is 4.79 Å². The molecule has 100 valence electrons. The molecule has 0 saturated heterocycles. The Morgan fingerprint density at radius 2 is 2.06 bits per heavy atom. The number of carbonyl (C=O) groups excluding carboxylic acids is 1. The zero-order valence-corrected chi connectivity index (χ0v) is 11.9. The van der Waals surface area contributed by atoms with Gasteiger partial charge in [0.15, 0.2) is 0 Å². The molecular weight excluding hydrogens is 224 g/mol. The van der Waals surface area contributed by atoms with Crippen LogP contribution in [0.3, 0.4) is 0 Å². The number of anilines is 1. The van der Waals surface area contributed by atoms with Crippen molar-refractivity contribution in [2.24, 2.45) is 0 Å². The first kappa shape index (κ1) is 14.6. The zero-order chi connectivity index (χ0) is 13.5. The molecule has 1 N–H and O–H groups in total. The zero-order valence-electron chi connectivity index (χ0n) is 11.9. The predicted octanol–water partition coefficient (Wildman–Crippen LogP) is 3.82. The second-order valence-electron chi connectivity index (χ2n) is 4.67. The first-order chi connectivity index (χ1) is 8.60. The summed E-state index contributed by atoms with van der Waals surface area (Å²) in [6, 6.07) is 6.10. The highest BCUT2D eigenvalue weighted by Gasteiger charge is 2.11. The van der Waals surface area contributed by atoms with Gasteiger partial charge in [-0.2, -0.15) is 0 Å². The van der Waals surface area contributed by atoms with Gasteiger partial charge in [0.1, 0.15) is 0 Å². The van der Waals surface area contributed by atoms with Gasteiger partial charge in [0, 0.05) is 19.3 Å². The van der Waals surface area contributed by atoms with Crippen LogP contribution in [0.5, 0.6) is 0 Å². The number of urea groups is 1. The van der Waals surface area contributed by atoms with Crippen LogP contribution in [0.1, 0.15) is 37.8 Å². The Labute approximate surface area is 110 Å². The summed E-state index contributed by atoms with van der Waals surface area (Å²) < 4.78 is 0. The highest BCUT2D eigenvalue weighted by atomic mass is 16.2. The fourth-order valence-corrected chi connectivity index (χ4v) is 1.90. The minimum absolute atomic E-state index is 0.0209. The summed E-state index contributed by atoms with van der Waals surface area (Å²) >= 11 is 0. The Morgan fingerprint density at radius 3 is 2.67 bits per heavy atom. The van der Waals surface area contributed by atoms with Crippen molar-refractivity contribution in [3.05, 3.63) is 29.3 Å². The average Bonchev–Trinajstić information content (AvgIpc) is 2.38. The maximum Gasteiger partial charge on any atom is 0.321 e. The Balaban J connectivity index is 2.75. The Bertz CT molecular complexity index is 401. The van der Waals surface area contributed by atoms with Gasteiger partial charge in [0.25, 0.3) is 0 Å². The molecule has 0 aliphatic carbocycles. The van der Waals surface area contributed by atoms with Crippen LogP contribution >= 0.6 is 0 Å². The lowest BCUT2D eigenvalue weighted by atomic mass is 10.1. The third-order valence-corrected chi connectivity index (χ3v) is 3.17. The van der Waals surface area contributed by atoms with E-state index in [1.165, 1.54) is 5.56 Å². The van der Waals surface area contributed by atoms with E-state index in [0.717, 1.165) is 37.1 Å². The van der Waals surface area contributed by atoms with Gasteiger partial charge in [-0.25, -0.2) is 4.79 Å². The predicted molar refractivity (Wildman–Crippen MR) is 77.1 cm³/mol. The van der Waals surface area contributed by atoms with Crippen molar-refractivity contribution in [1.29, 1.82) is 0 Å². The highest BCUT2D eigenvalue weighted by Crippen LogP contribution is 2.21. The molecule has 1 aromatic carbocycles. The molecule has 18 heavy (non-hydrogen) atoms. The summed E-state index contributed by atoms with van der Waals surface area (Å²) in [5, 5.41) is 3.03. The monoisotopic (exact) mass is 248 g/mol. The SMILES string of the molecule is CCCCN(C)C(=O)Nc1c(C)cccc1CC. The quantitative estimate of drug-likeness (QED) is 0.844. The molecule has 0 unspecified atom stereocenters. The molecule has 0 aromatic heterocycles. The number of rotatable bonds is 5. The first-order valence-corrected chi connectivity index (χ1v) is 6.70. The molecule has 3 heteroatoms. The van der Waals surface area contributed by atoms with Crippen molar-refractivity contribution in [2.45, 2.75) is 40.0 Å². The Kier molecular flexibility index (Phi) is 5.69. The molecule has 0 aliphatic rings. The van der Waals surface area contributed by atoms with Crippen molar-refractivity contribution in [2.75, 3.05) is 18.9 Å². The Hall–Kier alpha value is -1.51. The van der Waals surface area contributed by atoms with E-state index in [-0.39, 0.29) is 6.03 Å². The molecule has 0 aliphatic heterocycles. The van der Waals surface area contributed by atoms with E-state index < -0.39 is 0 Å². The summed E-state index contributed by atoms with van der Waals surface area (Å²) in [6.07, 6.45) is 3.07. The van der Waals surface area contributed by atoms with Crippen LogP contribution < -0.4 is 5.32 Å². The van der Waals surface area contributed by atoms with E-state index in [4.69, 9.17) is 0 Å². The smallest absolute Gasteiger partial charge is 0.321 e. The van der Waals surface area contributed by atoms with Crippen LogP contribution in [0.25, 0.3) is 0 Å². The van der Waals surface area contributed by atoms with Crippen LogP contribution in [-0.2, 0) is 6.42 Å². The molecule has 0 atom stereocenters. The number of carbonyl (C=O) groups is 1. The number of nitrogens with zero attached hydrogens (tertiary/aromatic N) is 1. The van der Waals surface area contributed by atoms with Crippen LogP contribution in [0.2, 0.25) is 0 Å². The molecule has 0 saturated carbocycles. The van der Waals surface area contributed by atoms with Gasteiger partial charge in [0.05, 0.1) is 0 Å². The van der Waals surface area contributed by atoms with Gasteiger partial charge >= 0.3 is 6.03 Å². The van der Waals surface area contributed by atoms with Gasteiger partial charge in [-0.1, -0.05) is 38.5 Å². The Morgan fingerprint density at radius 1 is 1.33 bits per heavy atom. The minimum atomic E-state index is -0.0209. The van der Waals surface area contributed by atoms with Crippen LogP contribution in [0.4, 0.5) is 10.5 Å². The van der Waals surface area contributed by atoms with Crippen LogP contribution in [0.15, 0.2) is 18.2 Å². The normalized spacial score (nSPS) is 10.2. The second kappa shape index (κ2) is 7.04. The third-order valence-electron chi connectivity index (χ3n) is 3.17. The van der Waals surface area contributed by atoms with E-state index in [1.54, 1.807) is 4.90 Å². The van der Waals surface area contributed by atoms with Gasteiger partial charge in [0.2, 0.25) is 0 Å². The summed E-state index contributed by atoms with van der Waals surface area (Å²) in [7, 11) is 1.84. The maximum atomic E-state index is 12.1. The fraction of sp³-hybridized carbons (Fsp3) is 0.533. The topological polar surface area (TPSA) is 32.3 Å². The molecule has 1 rings (SSSR count).